The number of hydrogen-bond donors (Lipinski definition) is 3. The molecular formula is C22H21N3O6S. The first-order chi connectivity index (χ1) is 15.4. The number of carbonyl (C=O) groups excluding carboxylic acids is 2. The molecule has 32 heavy (non-hydrogen) atoms. The van der Waals surface area contributed by atoms with Gasteiger partial charge in [0, 0.05) is 11.3 Å². The van der Waals surface area contributed by atoms with Crippen LogP contribution in [0.15, 0.2) is 59.2 Å². The fourth-order valence-corrected chi connectivity index (χ4v) is 2.99. The van der Waals surface area contributed by atoms with Crippen molar-refractivity contribution in [1.82, 2.24) is 5.32 Å². The van der Waals surface area contributed by atoms with Crippen molar-refractivity contribution >= 4 is 40.5 Å². The zero-order chi connectivity index (χ0) is 23.1. The highest BCUT2D eigenvalue weighted by atomic mass is 32.1. The van der Waals surface area contributed by atoms with Crippen LogP contribution in [0.4, 0.5) is 11.4 Å². The van der Waals surface area contributed by atoms with E-state index < -0.39 is 11.8 Å². The number of amides is 2. The molecule has 10 heteroatoms. The van der Waals surface area contributed by atoms with Crippen LogP contribution in [0.5, 0.6) is 17.2 Å². The van der Waals surface area contributed by atoms with Gasteiger partial charge in [-0.05, 0) is 60.7 Å². The molecule has 1 aromatic heterocycles. The Morgan fingerprint density at radius 1 is 0.844 bits per heavy atom. The maximum absolute atomic E-state index is 12.6. The van der Waals surface area contributed by atoms with E-state index in [1.807, 2.05) is 0 Å². The summed E-state index contributed by atoms with van der Waals surface area (Å²) in [4.78, 5) is 24.8. The van der Waals surface area contributed by atoms with Crippen LogP contribution in [-0.4, -0.2) is 38.3 Å². The third-order valence-electron chi connectivity index (χ3n) is 4.32. The largest absolute Gasteiger partial charge is 0.495 e. The quantitative estimate of drug-likeness (QED) is 0.463. The Bertz CT molecular complexity index is 1130. The van der Waals surface area contributed by atoms with Gasteiger partial charge in [0.2, 0.25) is 0 Å². The minimum atomic E-state index is -0.440. The summed E-state index contributed by atoms with van der Waals surface area (Å²) in [5.74, 6) is 0.709. The first-order valence-corrected chi connectivity index (χ1v) is 9.73. The first kappa shape index (κ1) is 22.6. The molecule has 0 atom stereocenters. The predicted octanol–water partition coefficient (Wildman–Crippen LogP) is 3.68. The fraction of sp³-hybridized carbons (Fsp3) is 0.136. The van der Waals surface area contributed by atoms with Crippen LogP contribution >= 0.6 is 12.2 Å². The Kier molecular flexibility index (Phi) is 7.29. The van der Waals surface area contributed by atoms with Crippen LogP contribution in [0.2, 0.25) is 0 Å². The SMILES string of the molecule is COc1ccc(NC(=O)c2ccco2)cc1NC(=S)NC(=O)c1ccc(OC)c(OC)c1. The van der Waals surface area contributed by atoms with E-state index in [9.17, 15) is 9.59 Å². The molecule has 0 radical (unpaired) electrons. The van der Waals surface area contributed by atoms with Gasteiger partial charge in [-0.25, -0.2) is 0 Å². The second-order valence-corrected chi connectivity index (χ2v) is 6.73. The molecule has 3 N–H and O–H groups in total. The van der Waals surface area contributed by atoms with Crippen molar-refractivity contribution in [2.45, 2.75) is 0 Å². The summed E-state index contributed by atoms with van der Waals surface area (Å²) < 4.78 is 20.8. The lowest BCUT2D eigenvalue weighted by Crippen LogP contribution is -2.34. The van der Waals surface area contributed by atoms with E-state index in [4.69, 9.17) is 30.8 Å². The van der Waals surface area contributed by atoms with E-state index in [1.54, 1.807) is 48.5 Å². The van der Waals surface area contributed by atoms with Gasteiger partial charge in [0.15, 0.2) is 22.4 Å². The average molecular weight is 455 g/mol. The fourth-order valence-electron chi connectivity index (χ4n) is 2.79. The summed E-state index contributed by atoms with van der Waals surface area (Å²) >= 11 is 5.27. The maximum Gasteiger partial charge on any atom is 0.291 e. The number of furan rings is 1. The predicted molar refractivity (Wildman–Crippen MR) is 123 cm³/mol. The lowest BCUT2D eigenvalue weighted by molar-refractivity contribution is 0.0974. The summed E-state index contributed by atoms with van der Waals surface area (Å²) in [5, 5.41) is 8.25. The molecule has 0 bridgehead atoms. The molecule has 0 aliphatic carbocycles. The van der Waals surface area contributed by atoms with Crippen LogP contribution in [0, 0.1) is 0 Å². The van der Waals surface area contributed by atoms with Gasteiger partial charge in [0.1, 0.15) is 5.75 Å². The maximum atomic E-state index is 12.6. The first-order valence-electron chi connectivity index (χ1n) is 9.32. The summed E-state index contributed by atoms with van der Waals surface area (Å²) in [5.41, 5.74) is 1.25. The molecule has 166 valence electrons. The Morgan fingerprint density at radius 3 is 2.22 bits per heavy atom. The lowest BCUT2D eigenvalue weighted by atomic mass is 10.2. The van der Waals surface area contributed by atoms with Crippen molar-refractivity contribution in [1.29, 1.82) is 0 Å². The van der Waals surface area contributed by atoms with Crippen LogP contribution in [0.3, 0.4) is 0 Å². The topological polar surface area (TPSA) is 111 Å². The molecule has 2 aromatic carbocycles. The second-order valence-electron chi connectivity index (χ2n) is 6.32. The van der Waals surface area contributed by atoms with Gasteiger partial charge in [0.05, 0.1) is 33.3 Å². The highest BCUT2D eigenvalue weighted by molar-refractivity contribution is 7.80. The second kappa shape index (κ2) is 10.3. The van der Waals surface area contributed by atoms with Crippen molar-refractivity contribution in [3.05, 3.63) is 66.1 Å². The van der Waals surface area contributed by atoms with Gasteiger partial charge < -0.3 is 29.3 Å². The zero-order valence-corrected chi connectivity index (χ0v) is 18.4. The number of methoxy groups -OCH3 is 3. The minimum Gasteiger partial charge on any atom is -0.495 e. The summed E-state index contributed by atoms with van der Waals surface area (Å²) in [6.07, 6.45) is 1.41. The van der Waals surface area contributed by atoms with E-state index in [0.717, 1.165) is 0 Å². The normalized spacial score (nSPS) is 10.1. The third-order valence-corrected chi connectivity index (χ3v) is 4.53. The lowest BCUT2D eigenvalue weighted by Gasteiger charge is -2.15. The minimum absolute atomic E-state index is 0.0394. The zero-order valence-electron chi connectivity index (χ0n) is 17.6. The number of anilines is 2. The van der Waals surface area contributed by atoms with Gasteiger partial charge in [-0.15, -0.1) is 0 Å². The van der Waals surface area contributed by atoms with Crippen molar-refractivity contribution in [3.8, 4) is 17.2 Å². The molecule has 3 rings (SSSR count). The van der Waals surface area contributed by atoms with Crippen molar-refractivity contribution in [2.24, 2.45) is 0 Å². The number of hydrogen-bond acceptors (Lipinski definition) is 7. The number of thiocarbonyl (C=S) groups is 1. The number of benzene rings is 2. The van der Waals surface area contributed by atoms with Gasteiger partial charge in [0.25, 0.3) is 11.8 Å². The number of nitrogens with one attached hydrogen (secondary N) is 3. The molecule has 0 spiro atoms. The molecule has 0 aliphatic rings. The molecule has 0 fully saturated rings. The molecule has 0 unspecified atom stereocenters. The number of carbonyl (C=O) groups is 2. The van der Waals surface area contributed by atoms with Crippen molar-refractivity contribution in [3.63, 3.8) is 0 Å². The molecular weight excluding hydrogens is 434 g/mol. The van der Waals surface area contributed by atoms with E-state index in [2.05, 4.69) is 16.0 Å². The van der Waals surface area contributed by atoms with Gasteiger partial charge in [-0.1, -0.05) is 0 Å². The summed E-state index contributed by atoms with van der Waals surface area (Å²) in [6, 6.07) is 12.9. The monoisotopic (exact) mass is 455 g/mol. The highest BCUT2D eigenvalue weighted by Gasteiger charge is 2.15. The smallest absolute Gasteiger partial charge is 0.291 e. The standard InChI is InChI=1S/C22H21N3O6S/c1-28-16-9-7-14(23-21(27)18-5-4-10-31-18)12-15(16)24-22(32)25-20(26)13-6-8-17(29-2)19(11-13)30-3/h4-12H,1-3H3,(H,23,27)(H2,24,25,26,32). The van der Waals surface area contributed by atoms with Crippen LogP contribution in [-0.2, 0) is 0 Å². The van der Waals surface area contributed by atoms with E-state index in [1.165, 1.54) is 27.6 Å². The average Bonchev–Trinajstić information content (AvgIpc) is 3.34. The Hall–Kier alpha value is -4.05. The molecule has 0 aliphatic heterocycles. The number of ether oxygens (including phenoxy) is 3. The molecule has 0 saturated carbocycles. The molecule has 0 saturated heterocycles. The summed E-state index contributed by atoms with van der Waals surface area (Å²) in [7, 11) is 4.48. The summed E-state index contributed by atoms with van der Waals surface area (Å²) in [6.45, 7) is 0. The molecule has 9 nitrogen and oxygen atoms in total. The highest BCUT2D eigenvalue weighted by Crippen LogP contribution is 2.29. The molecule has 2 amide bonds. The van der Waals surface area contributed by atoms with Gasteiger partial charge in [-0.3, -0.25) is 14.9 Å². The van der Waals surface area contributed by atoms with Crippen molar-refractivity contribution < 1.29 is 28.2 Å². The van der Waals surface area contributed by atoms with E-state index >= 15 is 0 Å². The molecule has 3 aromatic rings. The number of rotatable bonds is 7. The van der Waals surface area contributed by atoms with Crippen LogP contribution in [0.1, 0.15) is 20.9 Å². The van der Waals surface area contributed by atoms with Crippen LogP contribution in [0.25, 0.3) is 0 Å². The third kappa shape index (κ3) is 5.35. The van der Waals surface area contributed by atoms with Gasteiger partial charge >= 0.3 is 0 Å². The Labute approximate surface area is 189 Å². The van der Waals surface area contributed by atoms with E-state index in [0.29, 0.717) is 34.2 Å². The molecule has 1 heterocycles. The van der Waals surface area contributed by atoms with Gasteiger partial charge in [-0.2, -0.15) is 0 Å². The van der Waals surface area contributed by atoms with E-state index in [-0.39, 0.29) is 10.9 Å². The Balaban J connectivity index is 1.71. The van der Waals surface area contributed by atoms with Crippen molar-refractivity contribution in [2.75, 3.05) is 32.0 Å². The van der Waals surface area contributed by atoms with Crippen LogP contribution < -0.4 is 30.2 Å². The Morgan fingerprint density at radius 2 is 1.56 bits per heavy atom.